The highest BCUT2D eigenvalue weighted by molar-refractivity contribution is 7.89. The van der Waals surface area contributed by atoms with Gasteiger partial charge in [-0.25, -0.2) is 23.0 Å². The van der Waals surface area contributed by atoms with Gasteiger partial charge in [-0.15, -0.1) is 0 Å². The van der Waals surface area contributed by atoms with Crippen molar-refractivity contribution in [3.05, 3.63) is 48.3 Å². The number of carbonyl (C=O) groups excluding carboxylic acids is 1. The van der Waals surface area contributed by atoms with Gasteiger partial charge in [0.15, 0.2) is 0 Å². The average molecular weight is 363 g/mol. The minimum absolute atomic E-state index is 0.133. The number of sulfonamides is 1. The Bertz CT molecular complexity index is 834. The lowest BCUT2D eigenvalue weighted by molar-refractivity contribution is 0.186. The van der Waals surface area contributed by atoms with Crippen LogP contribution >= 0.6 is 0 Å². The Morgan fingerprint density at radius 3 is 2.80 bits per heavy atom. The van der Waals surface area contributed by atoms with Gasteiger partial charge < -0.3 is 10.2 Å². The van der Waals surface area contributed by atoms with E-state index in [4.69, 9.17) is 5.14 Å². The number of para-hydroxylation sites is 1. The molecule has 3 rings (SSSR count). The fourth-order valence-corrected chi connectivity index (χ4v) is 3.74. The van der Waals surface area contributed by atoms with Crippen LogP contribution in [0.5, 0.6) is 0 Å². The summed E-state index contributed by atoms with van der Waals surface area (Å²) in [5, 5.41) is 11.6. The van der Waals surface area contributed by atoms with Gasteiger partial charge in [0, 0.05) is 31.4 Å². The SMILES string of the molecule is NS(=O)(=O)C1CCCN(C(=O)NCc2cnn(-c3ccccc3)c2)C1. The van der Waals surface area contributed by atoms with Gasteiger partial charge in [-0.1, -0.05) is 18.2 Å². The van der Waals surface area contributed by atoms with E-state index in [0.29, 0.717) is 25.9 Å². The molecule has 0 spiro atoms. The van der Waals surface area contributed by atoms with E-state index in [0.717, 1.165) is 11.3 Å². The largest absolute Gasteiger partial charge is 0.334 e. The van der Waals surface area contributed by atoms with E-state index in [9.17, 15) is 13.2 Å². The summed E-state index contributed by atoms with van der Waals surface area (Å²) in [5.74, 6) is 0. The second-order valence-corrected chi connectivity index (χ2v) is 7.93. The summed E-state index contributed by atoms with van der Waals surface area (Å²) < 4.78 is 24.7. The third-order valence-corrected chi connectivity index (χ3v) is 5.54. The summed E-state index contributed by atoms with van der Waals surface area (Å²) >= 11 is 0. The molecule has 134 valence electrons. The number of carbonyl (C=O) groups is 1. The number of piperidine rings is 1. The quantitative estimate of drug-likeness (QED) is 0.838. The van der Waals surface area contributed by atoms with E-state index < -0.39 is 15.3 Å². The van der Waals surface area contributed by atoms with Crippen molar-refractivity contribution in [3.8, 4) is 5.69 Å². The number of hydrogen-bond acceptors (Lipinski definition) is 4. The maximum atomic E-state index is 12.3. The van der Waals surface area contributed by atoms with Crippen LogP contribution in [0.3, 0.4) is 0 Å². The van der Waals surface area contributed by atoms with Crippen molar-refractivity contribution < 1.29 is 13.2 Å². The molecule has 0 saturated carbocycles. The smallest absolute Gasteiger partial charge is 0.317 e. The van der Waals surface area contributed by atoms with Gasteiger partial charge in [0.2, 0.25) is 10.0 Å². The van der Waals surface area contributed by atoms with Crippen LogP contribution in [0.2, 0.25) is 0 Å². The zero-order valence-corrected chi connectivity index (χ0v) is 14.5. The monoisotopic (exact) mass is 363 g/mol. The van der Waals surface area contributed by atoms with Crippen LogP contribution in [0.4, 0.5) is 4.79 Å². The van der Waals surface area contributed by atoms with Crippen LogP contribution in [0, 0.1) is 0 Å². The summed E-state index contributed by atoms with van der Waals surface area (Å²) in [6, 6.07) is 9.38. The molecule has 2 aromatic rings. The van der Waals surface area contributed by atoms with E-state index in [1.165, 1.54) is 4.90 Å². The molecule has 8 nitrogen and oxygen atoms in total. The summed E-state index contributed by atoms with van der Waals surface area (Å²) in [4.78, 5) is 13.8. The Hall–Kier alpha value is -2.39. The Morgan fingerprint density at radius 2 is 2.08 bits per heavy atom. The molecule has 1 aromatic heterocycles. The predicted octanol–water partition coefficient (Wildman–Crippen LogP) is 0.835. The highest BCUT2D eigenvalue weighted by atomic mass is 32.2. The van der Waals surface area contributed by atoms with E-state index in [-0.39, 0.29) is 12.6 Å². The molecule has 25 heavy (non-hydrogen) atoms. The summed E-state index contributed by atoms with van der Waals surface area (Å²) in [5.41, 5.74) is 1.80. The van der Waals surface area contributed by atoms with Gasteiger partial charge in [-0.2, -0.15) is 5.10 Å². The zero-order valence-electron chi connectivity index (χ0n) is 13.7. The molecular formula is C16H21N5O3S. The second kappa shape index (κ2) is 7.24. The highest BCUT2D eigenvalue weighted by Gasteiger charge is 2.30. The Kier molecular flexibility index (Phi) is 5.05. The van der Waals surface area contributed by atoms with Crippen molar-refractivity contribution in [3.63, 3.8) is 0 Å². The fourth-order valence-electron chi connectivity index (χ4n) is 2.85. The summed E-state index contributed by atoms with van der Waals surface area (Å²) in [6.45, 7) is 0.983. The third kappa shape index (κ3) is 4.37. The van der Waals surface area contributed by atoms with E-state index >= 15 is 0 Å². The number of hydrogen-bond donors (Lipinski definition) is 2. The summed E-state index contributed by atoms with van der Waals surface area (Å²) in [7, 11) is -3.62. The molecule has 9 heteroatoms. The number of urea groups is 1. The number of nitrogens with zero attached hydrogens (tertiary/aromatic N) is 3. The van der Waals surface area contributed by atoms with Crippen molar-refractivity contribution in [1.29, 1.82) is 0 Å². The van der Waals surface area contributed by atoms with Crippen LogP contribution in [0.15, 0.2) is 42.7 Å². The standard InChI is InChI=1S/C16H21N5O3S/c17-25(23,24)15-7-4-8-20(12-15)16(22)18-9-13-10-19-21(11-13)14-5-2-1-3-6-14/h1-3,5-6,10-11,15H,4,7-9,12H2,(H,18,22)(H2,17,23,24). The van der Waals surface area contributed by atoms with Gasteiger partial charge in [0.1, 0.15) is 0 Å². The number of aromatic nitrogens is 2. The minimum atomic E-state index is -3.62. The molecule has 1 fully saturated rings. The third-order valence-electron chi connectivity index (χ3n) is 4.23. The van der Waals surface area contributed by atoms with Crippen LogP contribution in [-0.2, 0) is 16.6 Å². The molecule has 1 aliphatic rings. The first-order valence-electron chi connectivity index (χ1n) is 8.07. The Morgan fingerprint density at radius 1 is 1.32 bits per heavy atom. The van der Waals surface area contributed by atoms with Crippen LogP contribution in [0.25, 0.3) is 5.69 Å². The van der Waals surface area contributed by atoms with Crippen LogP contribution < -0.4 is 10.5 Å². The minimum Gasteiger partial charge on any atom is -0.334 e. The number of amides is 2. The number of nitrogens with two attached hydrogens (primary N) is 1. The number of rotatable bonds is 4. The van der Waals surface area contributed by atoms with Gasteiger partial charge in [0.25, 0.3) is 0 Å². The molecule has 1 aromatic carbocycles. The van der Waals surface area contributed by atoms with Crippen molar-refractivity contribution in [2.24, 2.45) is 5.14 Å². The number of nitrogens with one attached hydrogen (secondary N) is 1. The molecule has 0 bridgehead atoms. The lowest BCUT2D eigenvalue weighted by Gasteiger charge is -2.31. The molecule has 3 N–H and O–H groups in total. The van der Waals surface area contributed by atoms with Crippen molar-refractivity contribution in [2.45, 2.75) is 24.6 Å². The molecule has 1 saturated heterocycles. The van der Waals surface area contributed by atoms with Crippen molar-refractivity contribution in [1.82, 2.24) is 20.0 Å². The second-order valence-electron chi connectivity index (χ2n) is 6.09. The number of likely N-dealkylation sites (tertiary alicyclic amines) is 1. The topological polar surface area (TPSA) is 110 Å². The number of benzene rings is 1. The van der Waals surface area contributed by atoms with Gasteiger partial charge in [-0.05, 0) is 25.0 Å². The van der Waals surface area contributed by atoms with E-state index in [1.807, 2.05) is 36.5 Å². The van der Waals surface area contributed by atoms with Crippen LogP contribution in [-0.4, -0.2) is 47.5 Å². The molecular weight excluding hydrogens is 342 g/mol. The first-order chi connectivity index (χ1) is 11.9. The van der Waals surface area contributed by atoms with Crippen molar-refractivity contribution in [2.75, 3.05) is 13.1 Å². The van der Waals surface area contributed by atoms with E-state index in [2.05, 4.69) is 10.4 Å². The first-order valence-corrected chi connectivity index (χ1v) is 9.68. The highest BCUT2D eigenvalue weighted by Crippen LogP contribution is 2.15. The van der Waals surface area contributed by atoms with Gasteiger partial charge in [0.05, 0.1) is 17.1 Å². The molecule has 0 aliphatic carbocycles. The lowest BCUT2D eigenvalue weighted by atomic mass is 10.1. The lowest BCUT2D eigenvalue weighted by Crippen LogP contribution is -2.50. The maximum Gasteiger partial charge on any atom is 0.317 e. The maximum absolute atomic E-state index is 12.3. The normalized spacial score (nSPS) is 18.1. The first kappa shape index (κ1) is 17.4. The number of primary sulfonamides is 1. The molecule has 1 aliphatic heterocycles. The fraction of sp³-hybridized carbons (Fsp3) is 0.375. The zero-order chi connectivity index (χ0) is 17.9. The Labute approximate surface area is 146 Å². The molecule has 2 heterocycles. The van der Waals surface area contributed by atoms with E-state index in [1.54, 1.807) is 10.9 Å². The molecule has 2 amide bonds. The Balaban J connectivity index is 1.57. The van der Waals surface area contributed by atoms with Gasteiger partial charge in [-0.3, -0.25) is 0 Å². The predicted molar refractivity (Wildman–Crippen MR) is 93.5 cm³/mol. The van der Waals surface area contributed by atoms with Crippen LogP contribution in [0.1, 0.15) is 18.4 Å². The molecule has 1 atom stereocenters. The molecule has 0 radical (unpaired) electrons. The average Bonchev–Trinajstić information content (AvgIpc) is 3.09. The van der Waals surface area contributed by atoms with Gasteiger partial charge >= 0.3 is 6.03 Å². The van der Waals surface area contributed by atoms with Crippen molar-refractivity contribution >= 4 is 16.1 Å². The molecule has 1 unspecified atom stereocenters. The summed E-state index contributed by atoms with van der Waals surface area (Å²) in [6.07, 6.45) is 4.66.